The van der Waals surface area contributed by atoms with Crippen LogP contribution in [0.3, 0.4) is 0 Å². The van der Waals surface area contributed by atoms with Crippen molar-refractivity contribution in [2.45, 2.75) is 19.3 Å². The second-order valence-electron chi connectivity index (χ2n) is 6.39. The quantitative estimate of drug-likeness (QED) is 0.713. The lowest BCUT2D eigenvalue weighted by Crippen LogP contribution is -2.27. The predicted molar refractivity (Wildman–Crippen MR) is 94.9 cm³/mol. The minimum Gasteiger partial charge on any atom is -0.298 e. The highest BCUT2D eigenvalue weighted by Gasteiger charge is 2.16. The molecule has 126 valence electrons. The normalized spacial score (nSPS) is 14.9. The van der Waals surface area contributed by atoms with Gasteiger partial charge in [0.05, 0.1) is 36.6 Å². The number of carbonyl (C=O) groups excluding carboxylic acids is 1. The average Bonchev–Trinajstić information content (AvgIpc) is 3.14. The summed E-state index contributed by atoms with van der Waals surface area (Å²) in [7, 11) is 0. The van der Waals surface area contributed by atoms with E-state index in [1.165, 1.54) is 12.8 Å². The summed E-state index contributed by atoms with van der Waals surface area (Å²) in [6.07, 6.45) is 7.87. The Bertz CT molecular complexity index is 891. The summed E-state index contributed by atoms with van der Waals surface area (Å²) in [4.78, 5) is 23.6. The van der Waals surface area contributed by atoms with Crippen molar-refractivity contribution in [3.8, 4) is 11.3 Å². The molecule has 0 bridgehead atoms. The molecule has 4 heterocycles. The highest BCUT2D eigenvalue weighted by Crippen LogP contribution is 2.20. The number of likely N-dealkylation sites (tertiary alicyclic amines) is 1. The minimum atomic E-state index is 0.211. The number of rotatable bonds is 5. The van der Waals surface area contributed by atoms with Crippen LogP contribution >= 0.6 is 0 Å². The maximum absolute atomic E-state index is 12.3. The fourth-order valence-corrected chi connectivity index (χ4v) is 3.21. The fraction of sp³-hybridized carbons (Fsp3) is 0.316. The highest BCUT2D eigenvalue weighted by molar-refractivity contribution is 5.85. The summed E-state index contributed by atoms with van der Waals surface area (Å²) >= 11 is 0. The lowest BCUT2D eigenvalue weighted by atomic mass is 10.1. The summed E-state index contributed by atoms with van der Waals surface area (Å²) in [6.45, 7) is 2.58. The molecule has 4 rings (SSSR count). The van der Waals surface area contributed by atoms with Gasteiger partial charge in [-0.05, 0) is 50.2 Å². The molecule has 0 aliphatic carbocycles. The van der Waals surface area contributed by atoms with Crippen molar-refractivity contribution >= 4 is 16.7 Å². The van der Waals surface area contributed by atoms with Crippen molar-refractivity contribution < 1.29 is 4.79 Å². The van der Waals surface area contributed by atoms with Crippen LogP contribution < -0.4 is 0 Å². The molecule has 3 aromatic rings. The van der Waals surface area contributed by atoms with Crippen LogP contribution in [0.25, 0.3) is 22.2 Å². The van der Waals surface area contributed by atoms with Gasteiger partial charge in [0.15, 0.2) is 5.78 Å². The summed E-state index contributed by atoms with van der Waals surface area (Å²) in [5.74, 6) is 0.211. The van der Waals surface area contributed by atoms with Crippen LogP contribution in [-0.2, 0) is 11.2 Å². The van der Waals surface area contributed by atoms with Crippen LogP contribution in [0.1, 0.15) is 18.5 Å². The number of hydrogen-bond acceptors (Lipinski definition) is 6. The van der Waals surface area contributed by atoms with Crippen LogP contribution in [0, 0.1) is 0 Å². The van der Waals surface area contributed by atoms with Crippen molar-refractivity contribution in [2.75, 3.05) is 19.6 Å². The largest absolute Gasteiger partial charge is 0.298 e. The molecule has 0 N–H and O–H groups in total. The molecule has 0 spiro atoms. The van der Waals surface area contributed by atoms with Gasteiger partial charge in [-0.15, -0.1) is 0 Å². The molecule has 25 heavy (non-hydrogen) atoms. The van der Waals surface area contributed by atoms with E-state index in [9.17, 15) is 4.79 Å². The number of carbonyl (C=O) groups is 1. The molecule has 0 amide bonds. The van der Waals surface area contributed by atoms with E-state index in [0.717, 1.165) is 40.9 Å². The van der Waals surface area contributed by atoms with Gasteiger partial charge in [-0.3, -0.25) is 14.7 Å². The van der Waals surface area contributed by atoms with Gasteiger partial charge in [-0.25, -0.2) is 4.98 Å². The molecule has 6 heteroatoms. The van der Waals surface area contributed by atoms with Gasteiger partial charge in [0, 0.05) is 22.8 Å². The summed E-state index contributed by atoms with van der Waals surface area (Å²) in [5, 5.41) is 8.65. The zero-order valence-corrected chi connectivity index (χ0v) is 13.9. The predicted octanol–water partition coefficient (Wildman–Crippen LogP) is 2.29. The Kier molecular flexibility index (Phi) is 4.43. The molecular formula is C19H19N5O. The molecule has 0 unspecified atom stereocenters. The number of ketones is 1. The molecule has 1 fully saturated rings. The molecular weight excluding hydrogens is 314 g/mol. The standard InChI is InChI=1S/C19H19N5O/c25-17(13-24-7-1-2-8-24)9-16-10-19-14(11-20-16)3-4-18(23-19)15-5-6-21-22-12-15/h3-6,10-12H,1-2,7-9,13H2. The van der Waals surface area contributed by atoms with E-state index in [0.29, 0.717) is 13.0 Å². The molecule has 1 saturated heterocycles. The summed E-state index contributed by atoms with van der Waals surface area (Å²) in [5.41, 5.74) is 3.37. The first kappa shape index (κ1) is 15.8. The zero-order chi connectivity index (χ0) is 17.1. The number of aromatic nitrogens is 4. The maximum atomic E-state index is 12.3. The van der Waals surface area contributed by atoms with Crippen LogP contribution in [0.2, 0.25) is 0 Å². The SMILES string of the molecule is O=C(Cc1cc2nc(-c3ccnnc3)ccc2cn1)CN1CCCC1. The van der Waals surface area contributed by atoms with Gasteiger partial charge in [-0.1, -0.05) is 0 Å². The van der Waals surface area contributed by atoms with Gasteiger partial charge in [0.25, 0.3) is 0 Å². The fourth-order valence-electron chi connectivity index (χ4n) is 3.21. The van der Waals surface area contributed by atoms with E-state index in [-0.39, 0.29) is 5.78 Å². The molecule has 3 aromatic heterocycles. The zero-order valence-electron chi connectivity index (χ0n) is 13.9. The van der Waals surface area contributed by atoms with Crippen molar-refractivity contribution in [1.82, 2.24) is 25.1 Å². The summed E-state index contributed by atoms with van der Waals surface area (Å²) in [6, 6.07) is 7.72. The number of hydrogen-bond donors (Lipinski definition) is 0. The van der Waals surface area contributed by atoms with E-state index in [1.807, 2.05) is 24.3 Å². The van der Waals surface area contributed by atoms with Crippen molar-refractivity contribution in [3.63, 3.8) is 0 Å². The van der Waals surface area contributed by atoms with E-state index >= 15 is 0 Å². The Balaban J connectivity index is 1.55. The van der Waals surface area contributed by atoms with E-state index in [1.54, 1.807) is 18.6 Å². The van der Waals surface area contributed by atoms with E-state index in [2.05, 4.69) is 25.1 Å². The summed E-state index contributed by atoms with van der Waals surface area (Å²) < 4.78 is 0. The second-order valence-corrected chi connectivity index (χ2v) is 6.39. The van der Waals surface area contributed by atoms with Crippen molar-refractivity contribution in [3.05, 3.63) is 48.5 Å². The van der Waals surface area contributed by atoms with Crippen LogP contribution in [-0.4, -0.2) is 50.5 Å². The Morgan fingerprint density at radius 3 is 2.76 bits per heavy atom. The first-order valence-electron chi connectivity index (χ1n) is 8.55. The number of pyridine rings is 2. The Morgan fingerprint density at radius 2 is 1.96 bits per heavy atom. The maximum Gasteiger partial charge on any atom is 0.152 e. The van der Waals surface area contributed by atoms with E-state index < -0.39 is 0 Å². The molecule has 0 saturated carbocycles. The number of Topliss-reactive ketones (excluding diaryl/α,β-unsaturated/α-hetero) is 1. The lowest BCUT2D eigenvalue weighted by Gasteiger charge is -2.13. The van der Waals surface area contributed by atoms with E-state index in [4.69, 9.17) is 0 Å². The van der Waals surface area contributed by atoms with Gasteiger partial charge in [0.1, 0.15) is 0 Å². The van der Waals surface area contributed by atoms with Crippen LogP contribution in [0.5, 0.6) is 0 Å². The Labute approximate surface area is 145 Å². The first-order valence-corrected chi connectivity index (χ1v) is 8.55. The van der Waals surface area contributed by atoms with Gasteiger partial charge < -0.3 is 0 Å². The molecule has 0 atom stereocenters. The molecule has 1 aliphatic rings. The third-order valence-electron chi connectivity index (χ3n) is 4.49. The minimum absolute atomic E-state index is 0.211. The Hall–Kier alpha value is -2.73. The van der Waals surface area contributed by atoms with Crippen molar-refractivity contribution in [2.24, 2.45) is 0 Å². The Morgan fingerprint density at radius 1 is 1.08 bits per heavy atom. The third-order valence-corrected chi connectivity index (χ3v) is 4.49. The highest BCUT2D eigenvalue weighted by atomic mass is 16.1. The molecule has 0 aromatic carbocycles. The smallest absolute Gasteiger partial charge is 0.152 e. The van der Waals surface area contributed by atoms with Crippen molar-refractivity contribution in [1.29, 1.82) is 0 Å². The second kappa shape index (κ2) is 7.03. The first-order chi connectivity index (χ1) is 12.3. The van der Waals surface area contributed by atoms with Gasteiger partial charge >= 0.3 is 0 Å². The number of nitrogens with zero attached hydrogens (tertiary/aromatic N) is 5. The molecule has 6 nitrogen and oxygen atoms in total. The van der Waals surface area contributed by atoms with Crippen LogP contribution in [0.15, 0.2) is 42.9 Å². The van der Waals surface area contributed by atoms with Crippen LogP contribution in [0.4, 0.5) is 0 Å². The lowest BCUT2D eigenvalue weighted by molar-refractivity contribution is -0.119. The topological polar surface area (TPSA) is 71.9 Å². The number of fused-ring (bicyclic) bond motifs is 1. The van der Waals surface area contributed by atoms with Gasteiger partial charge in [-0.2, -0.15) is 10.2 Å². The molecule has 0 radical (unpaired) electrons. The monoisotopic (exact) mass is 333 g/mol. The third kappa shape index (κ3) is 3.69. The molecule has 1 aliphatic heterocycles. The van der Waals surface area contributed by atoms with Gasteiger partial charge in [0.2, 0.25) is 0 Å². The average molecular weight is 333 g/mol.